The second kappa shape index (κ2) is 11.5. The summed E-state index contributed by atoms with van der Waals surface area (Å²) < 4.78 is 0. The average Bonchev–Trinajstić information content (AvgIpc) is 3.67. The largest absolute Gasteiger partial charge is 0.387 e. The Hall–Kier alpha value is -4.23. The Kier molecular flexibility index (Phi) is 8.05. The molecule has 1 saturated heterocycles. The number of nitrogens with two attached hydrogens (primary N) is 1. The Morgan fingerprint density at radius 2 is 1.56 bits per heavy atom. The molecule has 0 aromatic heterocycles. The van der Waals surface area contributed by atoms with Crippen LogP contribution < -0.4 is 11.1 Å². The van der Waals surface area contributed by atoms with Gasteiger partial charge in [0, 0.05) is 51.4 Å². The second-order valence-corrected chi connectivity index (χ2v) is 12.7. The first-order valence-corrected chi connectivity index (χ1v) is 14.9. The lowest BCUT2D eigenvalue weighted by Crippen LogP contribution is -2.49. The van der Waals surface area contributed by atoms with Crippen LogP contribution in [0.4, 0.5) is 0 Å². The molecule has 2 fully saturated rings. The molecule has 10 nitrogen and oxygen atoms in total. The number of hydrogen-bond donors (Lipinski definition) is 3. The van der Waals surface area contributed by atoms with E-state index in [0.29, 0.717) is 36.3 Å². The van der Waals surface area contributed by atoms with Crippen LogP contribution in [0.3, 0.4) is 0 Å². The number of amidine groups is 1. The molecule has 2 aliphatic carbocycles. The standard InChI is InChI=1S/C33H41N7O3/c1-19(37-18-29(41)40-25(17-34)14-24-15-28(24)40)16-33(32(35)36)26-10-8-22(30(42)38(2)3)12-20(26)6-7-21-13-23(9-11-27(21)33)31(43)39(4)5/h8-13,19,24-25,28,37H,6-7,14-16,18H2,1-5H3,(H3,35,36)/t19-,24-,25?,28+/m1/s1. The molecule has 0 bridgehead atoms. The molecule has 1 heterocycles. The topological polar surface area (TPSA) is 147 Å². The zero-order valence-corrected chi connectivity index (χ0v) is 25.6. The van der Waals surface area contributed by atoms with Gasteiger partial charge in [0.05, 0.1) is 18.0 Å². The number of carbonyl (C=O) groups excluding carboxylic acids is 3. The van der Waals surface area contributed by atoms with Crippen molar-refractivity contribution < 1.29 is 14.4 Å². The molecule has 3 amide bonds. The highest BCUT2D eigenvalue weighted by Gasteiger charge is 2.54. The Morgan fingerprint density at radius 1 is 1.02 bits per heavy atom. The highest BCUT2D eigenvalue weighted by molar-refractivity contribution is 5.98. The van der Waals surface area contributed by atoms with Gasteiger partial charge >= 0.3 is 0 Å². The van der Waals surface area contributed by atoms with E-state index in [4.69, 9.17) is 11.1 Å². The molecule has 226 valence electrons. The van der Waals surface area contributed by atoms with Gasteiger partial charge in [-0.1, -0.05) is 12.1 Å². The molecule has 0 spiro atoms. The molecule has 2 aromatic carbocycles. The fraction of sp³-hybridized carbons (Fsp3) is 0.485. The van der Waals surface area contributed by atoms with Gasteiger partial charge in [-0.15, -0.1) is 0 Å². The molecule has 5 rings (SSSR count). The lowest BCUT2D eigenvalue weighted by molar-refractivity contribution is -0.131. The molecule has 1 aliphatic heterocycles. The summed E-state index contributed by atoms with van der Waals surface area (Å²) in [6.07, 6.45) is 3.32. The SMILES string of the molecule is C[C@H](CC1(C(=N)N)c2ccc(C(=O)N(C)C)cc2CCc2cc(C(=O)N(C)C)ccc21)NCC(=O)N1C(C#N)C[C@@H]2C[C@@H]21. The highest BCUT2D eigenvalue weighted by Crippen LogP contribution is 2.48. The summed E-state index contributed by atoms with van der Waals surface area (Å²) in [6, 6.07) is 13.0. The number of nitrogens with zero attached hydrogens (tertiary/aromatic N) is 4. The summed E-state index contributed by atoms with van der Waals surface area (Å²) in [5.74, 6) is 0.0992. The van der Waals surface area contributed by atoms with E-state index in [1.54, 1.807) is 45.2 Å². The minimum absolute atomic E-state index is 0.0415. The highest BCUT2D eigenvalue weighted by atomic mass is 16.2. The fourth-order valence-corrected chi connectivity index (χ4v) is 7.07. The third kappa shape index (κ3) is 5.38. The maximum atomic E-state index is 13.2. The summed E-state index contributed by atoms with van der Waals surface area (Å²) >= 11 is 0. The molecule has 3 aliphatic rings. The Labute approximate surface area is 253 Å². The van der Waals surface area contributed by atoms with Crippen molar-refractivity contribution >= 4 is 23.6 Å². The van der Waals surface area contributed by atoms with Gasteiger partial charge < -0.3 is 25.8 Å². The Balaban J connectivity index is 1.52. The Bertz CT molecular complexity index is 1450. The maximum absolute atomic E-state index is 13.2. The van der Waals surface area contributed by atoms with Gasteiger partial charge in [0.15, 0.2) is 0 Å². The molecule has 0 radical (unpaired) electrons. The smallest absolute Gasteiger partial charge is 0.253 e. The summed E-state index contributed by atoms with van der Waals surface area (Å²) in [6.45, 7) is 2.06. The third-order valence-electron chi connectivity index (χ3n) is 9.32. The molecule has 2 aromatic rings. The first kappa shape index (κ1) is 30.2. The molecule has 43 heavy (non-hydrogen) atoms. The zero-order valence-electron chi connectivity index (χ0n) is 25.6. The number of fused-ring (bicyclic) bond motifs is 3. The number of nitriles is 1. The maximum Gasteiger partial charge on any atom is 0.253 e. The predicted octanol–water partition coefficient (Wildman–Crippen LogP) is 2.29. The van der Waals surface area contributed by atoms with E-state index in [1.165, 1.54) is 9.80 Å². The zero-order chi connectivity index (χ0) is 31.2. The van der Waals surface area contributed by atoms with Crippen molar-refractivity contribution in [2.24, 2.45) is 11.7 Å². The number of benzene rings is 2. The molecule has 1 unspecified atom stereocenters. The van der Waals surface area contributed by atoms with Crippen molar-refractivity contribution in [2.45, 2.75) is 62.6 Å². The van der Waals surface area contributed by atoms with Crippen LogP contribution in [0, 0.1) is 22.7 Å². The predicted molar refractivity (Wildman–Crippen MR) is 164 cm³/mol. The van der Waals surface area contributed by atoms with Gasteiger partial charge in [0.25, 0.3) is 11.8 Å². The van der Waals surface area contributed by atoms with E-state index in [2.05, 4.69) is 11.4 Å². The number of nitrogens with one attached hydrogen (secondary N) is 2. The number of aryl methyl sites for hydroxylation is 2. The quantitative estimate of drug-likeness (QED) is 0.321. The molecular formula is C33H41N7O3. The summed E-state index contributed by atoms with van der Waals surface area (Å²) in [7, 11) is 6.86. The van der Waals surface area contributed by atoms with E-state index in [0.717, 1.165) is 35.1 Å². The van der Waals surface area contributed by atoms with Crippen molar-refractivity contribution in [2.75, 3.05) is 34.7 Å². The van der Waals surface area contributed by atoms with Gasteiger partial charge in [0.2, 0.25) is 5.91 Å². The first-order valence-electron chi connectivity index (χ1n) is 14.9. The van der Waals surface area contributed by atoms with Crippen molar-refractivity contribution in [3.63, 3.8) is 0 Å². The lowest BCUT2D eigenvalue weighted by Gasteiger charge is -2.38. The molecule has 1 saturated carbocycles. The normalized spacial score (nSPS) is 21.8. The minimum atomic E-state index is -1.06. The molecule has 4 N–H and O–H groups in total. The average molecular weight is 584 g/mol. The number of amides is 3. The third-order valence-corrected chi connectivity index (χ3v) is 9.32. The van der Waals surface area contributed by atoms with Crippen LogP contribution in [-0.4, -0.2) is 91.1 Å². The van der Waals surface area contributed by atoms with E-state index in [9.17, 15) is 19.6 Å². The van der Waals surface area contributed by atoms with Crippen molar-refractivity contribution in [3.05, 3.63) is 69.8 Å². The number of hydrogen-bond acceptors (Lipinski definition) is 6. The van der Waals surface area contributed by atoms with Gasteiger partial charge in [0.1, 0.15) is 11.9 Å². The van der Waals surface area contributed by atoms with Crippen molar-refractivity contribution in [3.8, 4) is 6.07 Å². The van der Waals surface area contributed by atoms with Gasteiger partial charge in [-0.05, 0) is 91.5 Å². The second-order valence-electron chi connectivity index (χ2n) is 12.7. The molecule has 10 heteroatoms. The Morgan fingerprint density at radius 3 is 2.02 bits per heavy atom. The number of piperidine rings is 1. The van der Waals surface area contributed by atoms with E-state index in [1.807, 2.05) is 31.2 Å². The molecular weight excluding hydrogens is 542 g/mol. The van der Waals surface area contributed by atoms with Crippen LogP contribution in [-0.2, 0) is 23.1 Å². The van der Waals surface area contributed by atoms with Crippen LogP contribution in [0.1, 0.15) is 69.2 Å². The number of likely N-dealkylation sites (tertiary alicyclic amines) is 1. The summed E-state index contributed by atoms with van der Waals surface area (Å²) in [4.78, 5) is 43.8. The monoisotopic (exact) mass is 583 g/mol. The summed E-state index contributed by atoms with van der Waals surface area (Å²) in [5.41, 5.74) is 10.2. The van der Waals surface area contributed by atoms with Crippen LogP contribution in [0.25, 0.3) is 0 Å². The molecule has 4 atom stereocenters. The fourth-order valence-electron chi connectivity index (χ4n) is 7.07. The van der Waals surface area contributed by atoms with Crippen molar-refractivity contribution in [1.82, 2.24) is 20.0 Å². The van der Waals surface area contributed by atoms with E-state index < -0.39 is 5.41 Å². The minimum Gasteiger partial charge on any atom is -0.387 e. The van der Waals surface area contributed by atoms with Crippen molar-refractivity contribution in [1.29, 1.82) is 10.7 Å². The number of carbonyl (C=O) groups is 3. The van der Waals surface area contributed by atoms with Gasteiger partial charge in [-0.3, -0.25) is 19.8 Å². The lowest BCUT2D eigenvalue weighted by atomic mass is 9.67. The van der Waals surface area contributed by atoms with Crippen LogP contribution in [0.15, 0.2) is 36.4 Å². The van der Waals surface area contributed by atoms with Gasteiger partial charge in [-0.25, -0.2) is 0 Å². The number of rotatable bonds is 8. The summed E-state index contributed by atoms with van der Waals surface area (Å²) in [5, 5.41) is 21.9. The van der Waals surface area contributed by atoms with Gasteiger partial charge in [-0.2, -0.15) is 5.26 Å². The van der Waals surface area contributed by atoms with Crippen LogP contribution in [0.2, 0.25) is 0 Å². The van der Waals surface area contributed by atoms with E-state index in [-0.39, 0.29) is 48.2 Å². The van der Waals surface area contributed by atoms with Crippen LogP contribution in [0.5, 0.6) is 0 Å². The van der Waals surface area contributed by atoms with Crippen LogP contribution >= 0.6 is 0 Å². The van der Waals surface area contributed by atoms with E-state index >= 15 is 0 Å². The first-order chi connectivity index (χ1) is 20.4.